The van der Waals surface area contributed by atoms with Crippen molar-refractivity contribution in [2.45, 2.75) is 20.8 Å². The second kappa shape index (κ2) is 5.02. The standard InChI is InChI=1S/C15H17BrN2/c1-9-4-5-12(8-13(9)16)18-15-7-11(3)10(2)6-14(15)17/h4-8,18H,17H2,1-3H3. The third kappa shape index (κ3) is 2.67. The zero-order chi connectivity index (χ0) is 13.3. The van der Waals surface area contributed by atoms with Crippen molar-refractivity contribution in [3.8, 4) is 0 Å². The summed E-state index contributed by atoms with van der Waals surface area (Å²) >= 11 is 3.53. The maximum absolute atomic E-state index is 6.03. The van der Waals surface area contributed by atoms with Gasteiger partial charge in [-0.1, -0.05) is 22.0 Å². The van der Waals surface area contributed by atoms with E-state index in [-0.39, 0.29) is 0 Å². The first-order valence-corrected chi connectivity index (χ1v) is 6.66. The molecule has 18 heavy (non-hydrogen) atoms. The molecule has 0 aliphatic carbocycles. The predicted molar refractivity (Wildman–Crippen MR) is 82.5 cm³/mol. The molecule has 0 unspecified atom stereocenters. The fourth-order valence-electron chi connectivity index (χ4n) is 1.77. The van der Waals surface area contributed by atoms with Gasteiger partial charge in [0.15, 0.2) is 0 Å². The fourth-order valence-corrected chi connectivity index (χ4v) is 2.15. The molecule has 0 aromatic heterocycles. The summed E-state index contributed by atoms with van der Waals surface area (Å²) in [5.74, 6) is 0. The molecule has 2 aromatic carbocycles. The van der Waals surface area contributed by atoms with Crippen molar-refractivity contribution in [1.82, 2.24) is 0 Å². The summed E-state index contributed by atoms with van der Waals surface area (Å²) in [7, 11) is 0. The minimum Gasteiger partial charge on any atom is -0.397 e. The SMILES string of the molecule is Cc1cc(N)c(Nc2ccc(C)c(Br)c2)cc1C. The minimum atomic E-state index is 0.773. The highest BCUT2D eigenvalue weighted by molar-refractivity contribution is 9.10. The molecule has 0 heterocycles. The molecule has 0 radical (unpaired) electrons. The van der Waals surface area contributed by atoms with Crippen LogP contribution < -0.4 is 11.1 Å². The number of aryl methyl sites for hydroxylation is 3. The van der Waals surface area contributed by atoms with E-state index in [1.165, 1.54) is 16.7 Å². The van der Waals surface area contributed by atoms with Gasteiger partial charge in [-0.25, -0.2) is 0 Å². The van der Waals surface area contributed by atoms with Crippen LogP contribution >= 0.6 is 15.9 Å². The van der Waals surface area contributed by atoms with E-state index < -0.39 is 0 Å². The Hall–Kier alpha value is -1.48. The summed E-state index contributed by atoms with van der Waals surface area (Å²) in [4.78, 5) is 0. The Morgan fingerprint density at radius 2 is 1.61 bits per heavy atom. The van der Waals surface area contributed by atoms with Crippen LogP contribution in [0, 0.1) is 20.8 Å². The zero-order valence-electron chi connectivity index (χ0n) is 10.8. The smallest absolute Gasteiger partial charge is 0.0620 e. The normalized spacial score (nSPS) is 10.4. The molecule has 0 saturated heterocycles. The van der Waals surface area contributed by atoms with E-state index in [1.807, 2.05) is 6.07 Å². The van der Waals surface area contributed by atoms with Gasteiger partial charge in [-0.05, 0) is 61.7 Å². The van der Waals surface area contributed by atoms with E-state index in [9.17, 15) is 0 Å². The molecule has 94 valence electrons. The van der Waals surface area contributed by atoms with Crippen LogP contribution in [-0.2, 0) is 0 Å². The third-order valence-corrected chi connectivity index (χ3v) is 3.97. The summed E-state index contributed by atoms with van der Waals surface area (Å²) in [5, 5.41) is 3.35. The summed E-state index contributed by atoms with van der Waals surface area (Å²) in [6.45, 7) is 6.22. The van der Waals surface area contributed by atoms with Crippen LogP contribution in [0.4, 0.5) is 17.1 Å². The quantitative estimate of drug-likeness (QED) is 0.789. The molecule has 0 aliphatic heterocycles. The molecule has 3 heteroatoms. The molecular weight excluding hydrogens is 288 g/mol. The number of hydrogen-bond acceptors (Lipinski definition) is 2. The summed E-state index contributed by atoms with van der Waals surface area (Å²) < 4.78 is 1.09. The second-order valence-electron chi connectivity index (χ2n) is 4.61. The van der Waals surface area contributed by atoms with E-state index in [1.54, 1.807) is 0 Å². The van der Waals surface area contributed by atoms with Crippen LogP contribution in [0.1, 0.15) is 16.7 Å². The van der Waals surface area contributed by atoms with Gasteiger partial charge in [0.1, 0.15) is 0 Å². The maximum Gasteiger partial charge on any atom is 0.0620 e. The van der Waals surface area contributed by atoms with Crippen LogP contribution in [0.25, 0.3) is 0 Å². The first kappa shape index (κ1) is 13.0. The van der Waals surface area contributed by atoms with Gasteiger partial charge in [0.2, 0.25) is 0 Å². The molecule has 2 rings (SSSR count). The van der Waals surface area contributed by atoms with E-state index in [0.29, 0.717) is 0 Å². The Bertz CT molecular complexity index is 591. The molecule has 0 fully saturated rings. The Morgan fingerprint density at radius 3 is 2.28 bits per heavy atom. The highest BCUT2D eigenvalue weighted by Crippen LogP contribution is 2.28. The number of nitrogens with one attached hydrogen (secondary N) is 1. The molecule has 2 nitrogen and oxygen atoms in total. The van der Waals surface area contributed by atoms with Gasteiger partial charge in [-0.3, -0.25) is 0 Å². The van der Waals surface area contributed by atoms with Crippen molar-refractivity contribution in [2.24, 2.45) is 0 Å². The van der Waals surface area contributed by atoms with Gasteiger partial charge >= 0.3 is 0 Å². The molecule has 0 spiro atoms. The number of anilines is 3. The van der Waals surface area contributed by atoms with Crippen molar-refractivity contribution in [3.63, 3.8) is 0 Å². The maximum atomic E-state index is 6.03. The Balaban J connectivity index is 2.34. The number of nitrogen functional groups attached to an aromatic ring is 1. The van der Waals surface area contributed by atoms with Crippen LogP contribution in [-0.4, -0.2) is 0 Å². The molecule has 2 aromatic rings. The molecule has 3 N–H and O–H groups in total. The number of hydrogen-bond donors (Lipinski definition) is 2. The van der Waals surface area contributed by atoms with Crippen LogP contribution in [0.2, 0.25) is 0 Å². The monoisotopic (exact) mass is 304 g/mol. The van der Waals surface area contributed by atoms with Gasteiger partial charge < -0.3 is 11.1 Å². The van der Waals surface area contributed by atoms with Crippen molar-refractivity contribution >= 4 is 33.0 Å². The number of halogens is 1. The Morgan fingerprint density at radius 1 is 0.944 bits per heavy atom. The lowest BCUT2D eigenvalue weighted by Crippen LogP contribution is -1.98. The summed E-state index contributed by atoms with van der Waals surface area (Å²) in [6.07, 6.45) is 0. The number of nitrogens with two attached hydrogens (primary N) is 1. The van der Waals surface area contributed by atoms with Crippen LogP contribution in [0.3, 0.4) is 0 Å². The highest BCUT2D eigenvalue weighted by Gasteiger charge is 2.04. The van der Waals surface area contributed by atoms with Crippen LogP contribution in [0.5, 0.6) is 0 Å². The van der Waals surface area contributed by atoms with E-state index >= 15 is 0 Å². The van der Waals surface area contributed by atoms with Gasteiger partial charge in [0.25, 0.3) is 0 Å². The molecule has 0 saturated carbocycles. The fraction of sp³-hybridized carbons (Fsp3) is 0.200. The van der Waals surface area contributed by atoms with E-state index in [4.69, 9.17) is 5.73 Å². The third-order valence-electron chi connectivity index (χ3n) is 3.12. The number of rotatable bonds is 2. The average molecular weight is 305 g/mol. The molecule has 0 aliphatic rings. The first-order chi connectivity index (χ1) is 8.47. The lowest BCUT2D eigenvalue weighted by Gasteiger charge is -2.13. The Kier molecular flexibility index (Phi) is 3.62. The highest BCUT2D eigenvalue weighted by atomic mass is 79.9. The average Bonchev–Trinajstić information content (AvgIpc) is 2.31. The minimum absolute atomic E-state index is 0.773. The van der Waals surface area contributed by atoms with Gasteiger partial charge in [0.05, 0.1) is 11.4 Å². The van der Waals surface area contributed by atoms with Gasteiger partial charge in [-0.15, -0.1) is 0 Å². The van der Waals surface area contributed by atoms with Crippen molar-refractivity contribution in [3.05, 3.63) is 51.5 Å². The van der Waals surface area contributed by atoms with Gasteiger partial charge in [0, 0.05) is 10.2 Å². The predicted octanol–water partition coefficient (Wildman–Crippen LogP) is 4.70. The number of benzene rings is 2. The molecule has 0 bridgehead atoms. The van der Waals surface area contributed by atoms with E-state index in [0.717, 1.165) is 21.5 Å². The van der Waals surface area contributed by atoms with Crippen LogP contribution in [0.15, 0.2) is 34.8 Å². The molecule has 0 atom stereocenters. The Labute approximate surface area is 116 Å². The van der Waals surface area contributed by atoms with Gasteiger partial charge in [-0.2, -0.15) is 0 Å². The van der Waals surface area contributed by atoms with Crippen molar-refractivity contribution in [2.75, 3.05) is 11.1 Å². The summed E-state index contributed by atoms with van der Waals surface area (Å²) in [5.41, 5.74) is 12.4. The lowest BCUT2D eigenvalue weighted by atomic mass is 10.1. The van der Waals surface area contributed by atoms with E-state index in [2.05, 4.69) is 66.3 Å². The molecular formula is C15H17BrN2. The second-order valence-corrected chi connectivity index (χ2v) is 5.47. The first-order valence-electron chi connectivity index (χ1n) is 5.87. The summed E-state index contributed by atoms with van der Waals surface area (Å²) in [6, 6.07) is 10.3. The largest absolute Gasteiger partial charge is 0.397 e. The zero-order valence-corrected chi connectivity index (χ0v) is 12.4. The topological polar surface area (TPSA) is 38.0 Å². The van der Waals surface area contributed by atoms with Crippen molar-refractivity contribution < 1.29 is 0 Å². The lowest BCUT2D eigenvalue weighted by molar-refractivity contribution is 1.34. The van der Waals surface area contributed by atoms with Crippen molar-refractivity contribution in [1.29, 1.82) is 0 Å². The molecule has 0 amide bonds.